The molecule has 0 unspecified atom stereocenters. The number of fused-ring (bicyclic) bond motifs is 2. The minimum Gasteiger partial charge on any atom is -0.493 e. The van der Waals surface area contributed by atoms with Crippen molar-refractivity contribution in [2.45, 2.75) is 30.7 Å². The van der Waals surface area contributed by atoms with Crippen molar-refractivity contribution in [3.63, 3.8) is 0 Å². The molecule has 2 aromatic rings. The molecule has 9 nitrogen and oxygen atoms in total. The summed E-state index contributed by atoms with van der Waals surface area (Å²) in [6.07, 6.45) is 2.50. The van der Waals surface area contributed by atoms with Crippen molar-refractivity contribution in [3.8, 4) is 5.75 Å². The van der Waals surface area contributed by atoms with Crippen LogP contribution in [0.25, 0.3) is 0 Å². The number of anilines is 1. The Hall–Kier alpha value is -3.01. The largest absolute Gasteiger partial charge is 0.493 e. The van der Waals surface area contributed by atoms with Crippen LogP contribution in [0.2, 0.25) is 0 Å². The first-order valence-electron chi connectivity index (χ1n) is 9.06. The summed E-state index contributed by atoms with van der Waals surface area (Å²) in [5.41, 5.74) is -0.575. The van der Waals surface area contributed by atoms with Gasteiger partial charge in [0.2, 0.25) is 11.0 Å². The summed E-state index contributed by atoms with van der Waals surface area (Å²) in [7, 11) is 0. The molecule has 0 bridgehead atoms. The van der Waals surface area contributed by atoms with Crippen LogP contribution in [0.4, 0.5) is 9.93 Å². The first-order valence-corrected chi connectivity index (χ1v) is 9.88. The fourth-order valence-electron chi connectivity index (χ4n) is 3.60. The molecule has 5 rings (SSSR count). The Kier molecular flexibility index (Phi) is 3.83. The molecule has 10 heteroatoms. The number of amides is 4. The molecule has 1 atom stereocenters. The zero-order valence-electron chi connectivity index (χ0n) is 14.8. The van der Waals surface area contributed by atoms with Gasteiger partial charge in [-0.2, -0.15) is 0 Å². The van der Waals surface area contributed by atoms with Crippen LogP contribution in [0.3, 0.4) is 0 Å². The number of aromatic nitrogens is 2. The molecule has 1 saturated heterocycles. The van der Waals surface area contributed by atoms with Gasteiger partial charge in [0.25, 0.3) is 5.91 Å². The molecule has 1 spiro atoms. The monoisotopic (exact) mass is 399 g/mol. The first kappa shape index (κ1) is 17.1. The third-order valence-corrected chi connectivity index (χ3v) is 6.17. The van der Waals surface area contributed by atoms with Crippen molar-refractivity contribution in [2.24, 2.45) is 0 Å². The highest BCUT2D eigenvalue weighted by Gasteiger charge is 2.55. The van der Waals surface area contributed by atoms with E-state index >= 15 is 0 Å². The molecule has 1 aliphatic carbocycles. The van der Waals surface area contributed by atoms with Crippen molar-refractivity contribution in [1.82, 2.24) is 20.4 Å². The third-order valence-electron chi connectivity index (χ3n) is 5.17. The maximum atomic E-state index is 13.1. The number of ether oxygens (including phenoxy) is 1. The van der Waals surface area contributed by atoms with E-state index in [1.54, 1.807) is 18.2 Å². The number of imide groups is 1. The van der Waals surface area contributed by atoms with Crippen LogP contribution < -0.4 is 15.4 Å². The maximum absolute atomic E-state index is 13.1. The lowest BCUT2D eigenvalue weighted by Gasteiger charge is -2.33. The number of carbonyl (C=O) groups is 3. The van der Waals surface area contributed by atoms with Crippen LogP contribution in [0.5, 0.6) is 5.75 Å². The quantitative estimate of drug-likeness (QED) is 0.755. The van der Waals surface area contributed by atoms with Crippen LogP contribution in [0, 0.1) is 0 Å². The molecule has 2 fully saturated rings. The number of hydrogen-bond acceptors (Lipinski definition) is 7. The van der Waals surface area contributed by atoms with E-state index in [1.807, 2.05) is 6.07 Å². The first-order chi connectivity index (χ1) is 13.6. The van der Waals surface area contributed by atoms with Gasteiger partial charge in [-0.05, 0) is 18.9 Å². The normalized spacial score (nSPS) is 23.4. The maximum Gasteiger partial charge on any atom is 0.325 e. The number of urea groups is 1. The van der Waals surface area contributed by atoms with Gasteiger partial charge in [0.1, 0.15) is 17.3 Å². The Labute approximate surface area is 164 Å². The number of carbonyl (C=O) groups excluding carboxylic acids is 3. The highest BCUT2D eigenvalue weighted by atomic mass is 32.1. The summed E-state index contributed by atoms with van der Waals surface area (Å²) in [5.74, 6) is 0.0800. The molecule has 1 aromatic heterocycles. The summed E-state index contributed by atoms with van der Waals surface area (Å²) < 4.78 is 5.60. The summed E-state index contributed by atoms with van der Waals surface area (Å²) >= 11 is 1.33. The molecule has 1 saturated carbocycles. The van der Waals surface area contributed by atoms with E-state index in [0.717, 1.165) is 22.7 Å². The van der Waals surface area contributed by atoms with Crippen LogP contribution in [0.15, 0.2) is 24.3 Å². The predicted molar refractivity (Wildman–Crippen MR) is 99.0 cm³/mol. The van der Waals surface area contributed by atoms with Crippen molar-refractivity contribution in [3.05, 3.63) is 34.8 Å². The van der Waals surface area contributed by atoms with Gasteiger partial charge in [0.05, 0.1) is 6.61 Å². The Morgan fingerprint density at radius 3 is 2.96 bits per heavy atom. The standard InChI is InChI=1S/C18H17N5O4S/c24-13(19-16-22-21-14(28-16)10-5-6-10)9-23-15(25)18(20-17(23)26)7-8-27-12-4-2-1-3-11(12)18/h1-4,10H,5-9H2,(H,20,26)(H,19,22,24)/t18-/m0/s1. The van der Waals surface area contributed by atoms with Crippen molar-refractivity contribution < 1.29 is 19.1 Å². The topological polar surface area (TPSA) is 114 Å². The van der Waals surface area contributed by atoms with E-state index in [4.69, 9.17) is 4.74 Å². The van der Waals surface area contributed by atoms with E-state index in [2.05, 4.69) is 20.8 Å². The second-order valence-electron chi connectivity index (χ2n) is 7.09. The van der Waals surface area contributed by atoms with Crippen LogP contribution in [-0.4, -0.2) is 46.1 Å². The van der Waals surface area contributed by atoms with E-state index in [0.29, 0.717) is 35.4 Å². The number of nitrogens with zero attached hydrogens (tertiary/aromatic N) is 3. The third kappa shape index (κ3) is 2.71. The van der Waals surface area contributed by atoms with E-state index < -0.39 is 23.4 Å². The molecule has 28 heavy (non-hydrogen) atoms. The van der Waals surface area contributed by atoms with Gasteiger partial charge >= 0.3 is 6.03 Å². The molecule has 3 heterocycles. The molecule has 2 aliphatic heterocycles. The number of hydrogen-bond donors (Lipinski definition) is 2. The minimum atomic E-state index is -1.19. The summed E-state index contributed by atoms with van der Waals surface area (Å²) in [6, 6.07) is 6.53. The summed E-state index contributed by atoms with van der Waals surface area (Å²) in [5, 5.41) is 14.7. The second kappa shape index (κ2) is 6.26. The summed E-state index contributed by atoms with van der Waals surface area (Å²) in [4.78, 5) is 39.0. The number of nitrogens with one attached hydrogen (secondary N) is 2. The fraction of sp³-hybridized carbons (Fsp3) is 0.389. The summed E-state index contributed by atoms with van der Waals surface area (Å²) in [6.45, 7) is -0.0778. The Morgan fingerprint density at radius 1 is 1.32 bits per heavy atom. The van der Waals surface area contributed by atoms with Crippen LogP contribution in [0.1, 0.15) is 35.8 Å². The van der Waals surface area contributed by atoms with Gasteiger partial charge < -0.3 is 10.1 Å². The van der Waals surface area contributed by atoms with E-state index in [9.17, 15) is 14.4 Å². The average Bonchev–Trinajstić information content (AvgIpc) is 3.40. The van der Waals surface area contributed by atoms with Crippen molar-refractivity contribution in [1.29, 1.82) is 0 Å². The molecule has 144 valence electrons. The average molecular weight is 399 g/mol. The molecule has 3 aliphatic rings. The minimum absolute atomic E-state index is 0.303. The zero-order chi connectivity index (χ0) is 19.3. The lowest BCUT2D eigenvalue weighted by molar-refractivity contribution is -0.135. The fourth-order valence-corrected chi connectivity index (χ4v) is 4.53. The van der Waals surface area contributed by atoms with E-state index in [-0.39, 0.29) is 6.54 Å². The molecular formula is C18H17N5O4S. The van der Waals surface area contributed by atoms with E-state index in [1.165, 1.54) is 11.3 Å². The number of benzene rings is 1. The van der Waals surface area contributed by atoms with Gasteiger partial charge in [0.15, 0.2) is 5.54 Å². The highest BCUT2D eigenvalue weighted by Crippen LogP contribution is 2.42. The SMILES string of the molecule is O=C(CN1C(=O)N[C@]2(CCOc3ccccc32)C1=O)Nc1nnc(C2CC2)s1. The smallest absolute Gasteiger partial charge is 0.325 e. The lowest BCUT2D eigenvalue weighted by atomic mass is 9.84. The van der Waals surface area contributed by atoms with Gasteiger partial charge in [-0.3, -0.25) is 19.8 Å². The van der Waals surface area contributed by atoms with Gasteiger partial charge in [0, 0.05) is 17.9 Å². The Balaban J connectivity index is 1.33. The van der Waals surface area contributed by atoms with Gasteiger partial charge in [-0.15, -0.1) is 10.2 Å². The van der Waals surface area contributed by atoms with Gasteiger partial charge in [-0.25, -0.2) is 4.79 Å². The van der Waals surface area contributed by atoms with Crippen molar-refractivity contribution >= 4 is 34.3 Å². The number of para-hydroxylation sites is 1. The molecule has 0 radical (unpaired) electrons. The molecule has 2 N–H and O–H groups in total. The lowest BCUT2D eigenvalue weighted by Crippen LogP contribution is -2.48. The Morgan fingerprint density at radius 2 is 2.14 bits per heavy atom. The second-order valence-corrected chi connectivity index (χ2v) is 8.10. The highest BCUT2D eigenvalue weighted by molar-refractivity contribution is 7.15. The Bertz CT molecular complexity index is 988. The predicted octanol–water partition coefficient (Wildman–Crippen LogP) is 1.58. The molecular weight excluding hydrogens is 382 g/mol. The van der Waals surface area contributed by atoms with Gasteiger partial charge in [-0.1, -0.05) is 29.5 Å². The van der Waals surface area contributed by atoms with Crippen LogP contribution >= 0.6 is 11.3 Å². The number of rotatable bonds is 4. The molecule has 4 amide bonds. The zero-order valence-corrected chi connectivity index (χ0v) is 15.6. The molecule has 1 aromatic carbocycles. The van der Waals surface area contributed by atoms with Crippen molar-refractivity contribution in [2.75, 3.05) is 18.5 Å². The van der Waals surface area contributed by atoms with Crippen LogP contribution in [-0.2, 0) is 15.1 Å².